The van der Waals surface area contributed by atoms with Crippen molar-refractivity contribution < 1.29 is 23.9 Å². The first-order chi connectivity index (χ1) is 20.5. The summed E-state index contributed by atoms with van der Waals surface area (Å²) in [5.41, 5.74) is 2.64. The molecule has 0 radical (unpaired) electrons. The maximum atomic E-state index is 14.0. The molecular formula is C33H38N4O5. The number of pyridine rings is 1. The number of hydrogen-bond donors (Lipinski definition) is 2. The summed E-state index contributed by atoms with van der Waals surface area (Å²) in [5, 5.41) is 6.01. The SMILES string of the molecule is Cc1ccc([C@@H](C(=O)NC2CCCCC2)N(Cc2ccc3c(c2)OCO3)C(=O)CCCC(=O)Nc2ccccn2)cc1. The molecule has 1 atom stereocenters. The molecule has 0 saturated heterocycles. The first-order valence-corrected chi connectivity index (χ1v) is 14.7. The summed E-state index contributed by atoms with van der Waals surface area (Å²) in [6.07, 6.45) is 7.43. The van der Waals surface area contributed by atoms with Gasteiger partial charge in [-0.15, -0.1) is 0 Å². The smallest absolute Gasteiger partial charge is 0.247 e. The second-order valence-corrected chi connectivity index (χ2v) is 11.0. The normalized spacial score (nSPS) is 15.1. The molecule has 9 heteroatoms. The first kappa shape index (κ1) is 29.1. The fraction of sp³-hybridized carbons (Fsp3) is 0.394. The fourth-order valence-electron chi connectivity index (χ4n) is 5.49. The van der Waals surface area contributed by atoms with Gasteiger partial charge in [0.2, 0.25) is 24.5 Å². The number of carbonyl (C=O) groups excluding carboxylic acids is 3. The molecule has 5 rings (SSSR count). The van der Waals surface area contributed by atoms with Crippen LogP contribution < -0.4 is 20.1 Å². The lowest BCUT2D eigenvalue weighted by Gasteiger charge is -2.33. The van der Waals surface area contributed by atoms with Gasteiger partial charge < -0.3 is 25.0 Å². The standard InChI is InChI=1S/C33H38N4O5/c1-23-13-16-25(17-14-23)32(33(40)35-26-8-3-2-4-9-26)37(21-24-15-18-27-28(20-24)42-22-41-27)31(39)12-7-11-30(38)36-29-10-5-6-19-34-29/h5-6,10,13-20,26,32H,2-4,7-9,11-12,21-22H2,1H3,(H,35,40)(H,34,36,38)/t32-/m0/s1. The molecule has 2 heterocycles. The number of fused-ring (bicyclic) bond motifs is 1. The van der Waals surface area contributed by atoms with E-state index in [0.29, 0.717) is 23.7 Å². The quantitative estimate of drug-likeness (QED) is 0.317. The average molecular weight is 571 g/mol. The van der Waals surface area contributed by atoms with Gasteiger partial charge in [0.1, 0.15) is 11.9 Å². The third-order valence-electron chi connectivity index (χ3n) is 7.74. The molecule has 3 amide bonds. The molecule has 1 saturated carbocycles. The van der Waals surface area contributed by atoms with Crippen LogP contribution in [0.25, 0.3) is 0 Å². The van der Waals surface area contributed by atoms with E-state index < -0.39 is 6.04 Å². The zero-order valence-corrected chi connectivity index (χ0v) is 24.0. The van der Waals surface area contributed by atoms with Crippen LogP contribution >= 0.6 is 0 Å². The Balaban J connectivity index is 1.37. The van der Waals surface area contributed by atoms with Gasteiger partial charge in [0.25, 0.3) is 0 Å². The highest BCUT2D eigenvalue weighted by Gasteiger charge is 2.33. The maximum Gasteiger partial charge on any atom is 0.247 e. The molecule has 1 aliphatic carbocycles. The van der Waals surface area contributed by atoms with E-state index >= 15 is 0 Å². The van der Waals surface area contributed by atoms with Crippen LogP contribution in [0, 0.1) is 6.92 Å². The predicted octanol–water partition coefficient (Wildman–Crippen LogP) is 5.45. The number of carbonyl (C=O) groups is 3. The maximum absolute atomic E-state index is 14.0. The summed E-state index contributed by atoms with van der Waals surface area (Å²) in [6, 6.07) is 17.9. The molecule has 1 aromatic heterocycles. The number of rotatable bonds is 11. The number of nitrogens with zero attached hydrogens (tertiary/aromatic N) is 2. The minimum absolute atomic E-state index is 0.0944. The van der Waals surface area contributed by atoms with Crippen molar-refractivity contribution in [3.8, 4) is 11.5 Å². The van der Waals surface area contributed by atoms with Gasteiger partial charge in [-0.05, 0) is 61.6 Å². The van der Waals surface area contributed by atoms with Gasteiger partial charge >= 0.3 is 0 Å². The Labute approximate surface area is 246 Å². The molecule has 0 bridgehead atoms. The van der Waals surface area contributed by atoms with Crippen molar-refractivity contribution in [1.82, 2.24) is 15.2 Å². The third-order valence-corrected chi connectivity index (χ3v) is 7.74. The summed E-state index contributed by atoms with van der Waals surface area (Å²) in [6.45, 7) is 2.34. The molecule has 2 N–H and O–H groups in total. The van der Waals surface area contributed by atoms with Crippen LogP contribution in [0.2, 0.25) is 0 Å². The number of anilines is 1. The number of hydrogen-bond acceptors (Lipinski definition) is 6. The molecule has 2 aromatic carbocycles. The van der Waals surface area contributed by atoms with Crippen LogP contribution in [-0.2, 0) is 20.9 Å². The average Bonchev–Trinajstić information content (AvgIpc) is 3.47. The molecule has 9 nitrogen and oxygen atoms in total. The summed E-state index contributed by atoms with van der Waals surface area (Å²) >= 11 is 0. The molecule has 1 fully saturated rings. The first-order valence-electron chi connectivity index (χ1n) is 14.7. The lowest BCUT2D eigenvalue weighted by atomic mass is 9.94. The number of nitrogens with one attached hydrogen (secondary N) is 2. The Bertz CT molecular complexity index is 1370. The van der Waals surface area contributed by atoms with Crippen molar-refractivity contribution in [2.45, 2.75) is 76.9 Å². The van der Waals surface area contributed by atoms with E-state index in [1.54, 1.807) is 29.3 Å². The number of amides is 3. The minimum Gasteiger partial charge on any atom is -0.454 e. The Morgan fingerprint density at radius 3 is 2.50 bits per heavy atom. The van der Waals surface area contributed by atoms with Gasteiger partial charge in [-0.3, -0.25) is 14.4 Å². The van der Waals surface area contributed by atoms with E-state index in [-0.39, 0.29) is 49.9 Å². The van der Waals surface area contributed by atoms with Crippen LogP contribution in [0.5, 0.6) is 11.5 Å². The van der Waals surface area contributed by atoms with Crippen molar-refractivity contribution in [3.63, 3.8) is 0 Å². The number of ether oxygens (including phenoxy) is 2. The van der Waals surface area contributed by atoms with E-state index in [9.17, 15) is 14.4 Å². The van der Waals surface area contributed by atoms with Crippen molar-refractivity contribution in [2.75, 3.05) is 12.1 Å². The lowest BCUT2D eigenvalue weighted by Crippen LogP contribution is -2.46. The zero-order valence-electron chi connectivity index (χ0n) is 24.0. The van der Waals surface area contributed by atoms with Crippen molar-refractivity contribution >= 4 is 23.5 Å². The van der Waals surface area contributed by atoms with Crippen molar-refractivity contribution in [1.29, 1.82) is 0 Å². The van der Waals surface area contributed by atoms with E-state index in [1.165, 1.54) is 6.42 Å². The van der Waals surface area contributed by atoms with Crippen molar-refractivity contribution in [2.24, 2.45) is 0 Å². The molecule has 0 spiro atoms. The zero-order chi connectivity index (χ0) is 29.3. The highest BCUT2D eigenvalue weighted by molar-refractivity contribution is 5.91. The Kier molecular flexibility index (Phi) is 9.69. The molecule has 2 aliphatic rings. The Hall–Kier alpha value is -4.40. The van der Waals surface area contributed by atoms with Crippen LogP contribution in [0.1, 0.15) is 74.1 Å². The highest BCUT2D eigenvalue weighted by Crippen LogP contribution is 2.34. The molecule has 0 unspecified atom stereocenters. The predicted molar refractivity (Wildman–Crippen MR) is 159 cm³/mol. The molecular weight excluding hydrogens is 532 g/mol. The van der Waals surface area contributed by atoms with Crippen LogP contribution in [0.15, 0.2) is 66.9 Å². The van der Waals surface area contributed by atoms with Gasteiger partial charge in [-0.1, -0.05) is 61.2 Å². The second kappa shape index (κ2) is 14.0. The summed E-state index contributed by atoms with van der Waals surface area (Å²) < 4.78 is 11.0. The molecule has 3 aromatic rings. The Morgan fingerprint density at radius 2 is 1.74 bits per heavy atom. The Morgan fingerprint density at radius 1 is 0.952 bits per heavy atom. The van der Waals surface area contributed by atoms with Crippen LogP contribution in [-0.4, -0.2) is 40.4 Å². The summed E-state index contributed by atoms with van der Waals surface area (Å²) in [7, 11) is 0. The van der Waals surface area contributed by atoms with Gasteiger partial charge in [-0.25, -0.2) is 4.98 Å². The second-order valence-electron chi connectivity index (χ2n) is 11.0. The minimum atomic E-state index is -0.826. The van der Waals surface area contributed by atoms with Crippen LogP contribution in [0.4, 0.5) is 5.82 Å². The monoisotopic (exact) mass is 570 g/mol. The summed E-state index contributed by atoms with van der Waals surface area (Å²) in [4.78, 5) is 46.2. The lowest BCUT2D eigenvalue weighted by molar-refractivity contribution is -0.142. The van der Waals surface area contributed by atoms with E-state index in [1.807, 2.05) is 49.4 Å². The van der Waals surface area contributed by atoms with Crippen LogP contribution in [0.3, 0.4) is 0 Å². The summed E-state index contributed by atoms with van der Waals surface area (Å²) in [5.74, 6) is 1.13. The van der Waals surface area contributed by atoms with Gasteiger partial charge in [0.15, 0.2) is 11.5 Å². The topological polar surface area (TPSA) is 110 Å². The van der Waals surface area contributed by atoms with Crippen molar-refractivity contribution in [3.05, 3.63) is 83.6 Å². The van der Waals surface area contributed by atoms with Gasteiger partial charge in [0, 0.05) is 31.6 Å². The fourth-order valence-corrected chi connectivity index (χ4v) is 5.49. The largest absolute Gasteiger partial charge is 0.454 e. The molecule has 1 aliphatic heterocycles. The van der Waals surface area contributed by atoms with Gasteiger partial charge in [-0.2, -0.15) is 0 Å². The number of aryl methyl sites for hydroxylation is 1. The number of benzene rings is 2. The molecule has 220 valence electrons. The molecule has 42 heavy (non-hydrogen) atoms. The third kappa shape index (κ3) is 7.66. The number of aromatic nitrogens is 1. The highest BCUT2D eigenvalue weighted by atomic mass is 16.7. The van der Waals surface area contributed by atoms with E-state index in [2.05, 4.69) is 15.6 Å². The van der Waals surface area contributed by atoms with Gasteiger partial charge in [0.05, 0.1) is 0 Å². The van der Waals surface area contributed by atoms with E-state index in [4.69, 9.17) is 9.47 Å². The van der Waals surface area contributed by atoms with E-state index in [0.717, 1.165) is 42.4 Å².